The number of carbonyl (C=O) groups is 1. The molecule has 2 aromatic rings. The van der Waals surface area contributed by atoms with Crippen LogP contribution in [0.25, 0.3) is 0 Å². The smallest absolute Gasteiger partial charge is 0.411 e. The number of amides is 1. The highest BCUT2D eigenvalue weighted by atomic mass is 32.1. The van der Waals surface area contributed by atoms with Crippen molar-refractivity contribution in [1.29, 1.82) is 0 Å². The second kappa shape index (κ2) is 7.18. The molecule has 4 nitrogen and oxygen atoms in total. The topological polar surface area (TPSA) is 41.6 Å². The number of benzene rings is 1. The van der Waals surface area contributed by atoms with Crippen molar-refractivity contribution in [3.63, 3.8) is 0 Å². The lowest BCUT2D eigenvalue weighted by Crippen LogP contribution is -2.52. The zero-order valence-corrected chi connectivity index (χ0v) is 15.3. The number of carbonyl (C=O) groups excluding carboxylic acids is 1. The fourth-order valence-corrected chi connectivity index (χ4v) is 4.80. The van der Waals surface area contributed by atoms with Crippen LogP contribution in [0.3, 0.4) is 0 Å². The number of para-hydroxylation sites is 1. The zero-order valence-electron chi connectivity index (χ0n) is 14.5. The van der Waals surface area contributed by atoms with Crippen LogP contribution in [0, 0.1) is 12.8 Å². The van der Waals surface area contributed by atoms with Gasteiger partial charge in [0, 0.05) is 28.4 Å². The van der Waals surface area contributed by atoms with Crippen molar-refractivity contribution < 1.29 is 9.53 Å². The Balaban J connectivity index is 1.41. The highest BCUT2D eigenvalue weighted by Gasteiger charge is 2.36. The third-order valence-corrected chi connectivity index (χ3v) is 6.27. The van der Waals surface area contributed by atoms with Gasteiger partial charge < -0.3 is 4.74 Å². The molecule has 0 aliphatic carbocycles. The van der Waals surface area contributed by atoms with Gasteiger partial charge in [0.05, 0.1) is 0 Å². The summed E-state index contributed by atoms with van der Waals surface area (Å²) in [6.07, 6.45) is 2.83. The second-order valence-electron chi connectivity index (χ2n) is 7.05. The lowest BCUT2D eigenvalue weighted by atomic mass is 9.86. The molecule has 3 saturated heterocycles. The van der Waals surface area contributed by atoms with Crippen LogP contribution in [-0.4, -0.2) is 36.7 Å². The Morgan fingerprint density at radius 2 is 2.04 bits per heavy atom. The Labute approximate surface area is 152 Å². The quantitative estimate of drug-likeness (QED) is 0.888. The molecule has 1 aromatic heterocycles. The summed E-state index contributed by atoms with van der Waals surface area (Å²) >= 11 is 1.80. The van der Waals surface area contributed by atoms with Crippen LogP contribution in [0.2, 0.25) is 0 Å². The molecule has 1 atom stereocenters. The SMILES string of the molecule is Cc1ccc(Cc2ccccc2NC(=O)OC2CN3CCC2CC3)s1. The number of rotatable bonds is 4. The van der Waals surface area contributed by atoms with Gasteiger partial charge in [-0.15, -0.1) is 11.3 Å². The van der Waals surface area contributed by atoms with E-state index < -0.39 is 0 Å². The first-order chi connectivity index (χ1) is 12.2. The molecular weight excluding hydrogens is 332 g/mol. The summed E-state index contributed by atoms with van der Waals surface area (Å²) in [5.74, 6) is 0.528. The number of fused-ring (bicyclic) bond motifs is 3. The lowest BCUT2D eigenvalue weighted by Gasteiger charge is -2.43. The van der Waals surface area contributed by atoms with Crippen LogP contribution in [0.1, 0.15) is 28.2 Å². The Morgan fingerprint density at radius 1 is 1.24 bits per heavy atom. The Hall–Kier alpha value is -1.85. The molecule has 1 unspecified atom stereocenters. The van der Waals surface area contributed by atoms with E-state index in [9.17, 15) is 4.79 Å². The summed E-state index contributed by atoms with van der Waals surface area (Å²) in [5.41, 5.74) is 1.97. The molecular formula is C20H24N2O2S. The van der Waals surface area contributed by atoms with Crippen molar-refractivity contribution in [3.05, 3.63) is 51.7 Å². The standard InChI is InChI=1S/C20H24N2O2S/c1-14-6-7-17(25-14)12-16-4-2-3-5-18(16)21-20(23)24-19-13-22-10-8-15(19)9-11-22/h2-7,15,19H,8-13H2,1H3,(H,21,23). The van der Waals surface area contributed by atoms with E-state index in [1.807, 2.05) is 18.2 Å². The monoisotopic (exact) mass is 356 g/mol. The van der Waals surface area contributed by atoms with Crippen LogP contribution in [0.5, 0.6) is 0 Å². The molecule has 3 aliphatic heterocycles. The Morgan fingerprint density at radius 3 is 2.72 bits per heavy atom. The largest absolute Gasteiger partial charge is 0.444 e. The van der Waals surface area contributed by atoms with Gasteiger partial charge in [0.1, 0.15) is 6.10 Å². The number of nitrogens with zero attached hydrogens (tertiary/aromatic N) is 1. The van der Waals surface area contributed by atoms with Crippen LogP contribution < -0.4 is 5.32 Å². The van der Waals surface area contributed by atoms with Crippen molar-refractivity contribution in [3.8, 4) is 0 Å². The van der Waals surface area contributed by atoms with Gasteiger partial charge in [0.15, 0.2) is 0 Å². The van der Waals surface area contributed by atoms with Crippen LogP contribution in [0.4, 0.5) is 10.5 Å². The Kier molecular flexibility index (Phi) is 4.77. The molecule has 3 fully saturated rings. The summed E-state index contributed by atoms with van der Waals surface area (Å²) in [5, 5.41) is 2.97. The van der Waals surface area contributed by atoms with E-state index in [4.69, 9.17) is 4.74 Å². The average molecular weight is 356 g/mol. The van der Waals surface area contributed by atoms with Gasteiger partial charge in [-0.2, -0.15) is 0 Å². The molecule has 132 valence electrons. The molecule has 5 heteroatoms. The summed E-state index contributed by atoms with van der Waals surface area (Å²) in [4.78, 5) is 17.4. The maximum absolute atomic E-state index is 12.4. The number of thiophene rings is 1. The van der Waals surface area contributed by atoms with Crippen molar-refractivity contribution in [2.45, 2.75) is 32.3 Å². The highest BCUT2D eigenvalue weighted by molar-refractivity contribution is 7.11. The molecule has 0 saturated carbocycles. The summed E-state index contributed by atoms with van der Waals surface area (Å²) in [6.45, 7) is 5.29. The minimum atomic E-state index is -0.325. The maximum Gasteiger partial charge on any atom is 0.411 e. The van der Waals surface area contributed by atoms with Crippen molar-refractivity contribution in [2.24, 2.45) is 5.92 Å². The first-order valence-corrected chi connectivity index (χ1v) is 9.82. The third-order valence-electron chi connectivity index (χ3n) is 5.27. The van der Waals surface area contributed by atoms with E-state index in [0.717, 1.165) is 50.1 Å². The number of nitrogens with one attached hydrogen (secondary N) is 1. The molecule has 1 aromatic carbocycles. The van der Waals surface area contributed by atoms with Gasteiger partial charge in [0.2, 0.25) is 0 Å². The van der Waals surface area contributed by atoms with Gasteiger partial charge in [-0.25, -0.2) is 4.79 Å². The number of hydrogen-bond donors (Lipinski definition) is 1. The minimum Gasteiger partial charge on any atom is -0.444 e. The number of hydrogen-bond acceptors (Lipinski definition) is 4. The molecule has 2 bridgehead atoms. The van der Waals surface area contributed by atoms with E-state index in [1.54, 1.807) is 11.3 Å². The molecule has 1 N–H and O–H groups in total. The second-order valence-corrected chi connectivity index (χ2v) is 8.43. The number of anilines is 1. The summed E-state index contributed by atoms with van der Waals surface area (Å²) in [7, 11) is 0. The van der Waals surface area contributed by atoms with E-state index in [-0.39, 0.29) is 12.2 Å². The first-order valence-electron chi connectivity index (χ1n) is 9.00. The molecule has 1 amide bonds. The van der Waals surface area contributed by atoms with Crippen LogP contribution >= 0.6 is 11.3 Å². The number of piperidine rings is 3. The molecule has 0 spiro atoms. The predicted molar refractivity (Wildman–Crippen MR) is 101 cm³/mol. The third kappa shape index (κ3) is 3.88. The van der Waals surface area contributed by atoms with Crippen molar-refractivity contribution in [2.75, 3.05) is 25.0 Å². The van der Waals surface area contributed by atoms with E-state index in [0.29, 0.717) is 5.92 Å². The fourth-order valence-electron chi connectivity index (χ4n) is 3.89. The number of aryl methyl sites for hydroxylation is 1. The van der Waals surface area contributed by atoms with Crippen molar-refractivity contribution >= 4 is 23.1 Å². The molecule has 4 heterocycles. The lowest BCUT2D eigenvalue weighted by molar-refractivity contribution is -0.0289. The summed E-state index contributed by atoms with van der Waals surface area (Å²) in [6, 6.07) is 12.3. The summed E-state index contributed by atoms with van der Waals surface area (Å²) < 4.78 is 5.75. The normalized spacial score (nSPS) is 24.9. The average Bonchev–Trinajstić information content (AvgIpc) is 3.02. The van der Waals surface area contributed by atoms with Gasteiger partial charge >= 0.3 is 6.09 Å². The van der Waals surface area contributed by atoms with E-state index >= 15 is 0 Å². The minimum absolute atomic E-state index is 0.0367. The van der Waals surface area contributed by atoms with Gasteiger partial charge in [-0.3, -0.25) is 10.2 Å². The van der Waals surface area contributed by atoms with Crippen molar-refractivity contribution in [1.82, 2.24) is 4.90 Å². The van der Waals surface area contributed by atoms with Crippen LogP contribution in [-0.2, 0) is 11.2 Å². The zero-order chi connectivity index (χ0) is 17.2. The molecule has 0 radical (unpaired) electrons. The fraction of sp³-hybridized carbons (Fsp3) is 0.450. The van der Waals surface area contributed by atoms with E-state index in [2.05, 4.69) is 35.3 Å². The molecule has 25 heavy (non-hydrogen) atoms. The maximum atomic E-state index is 12.4. The van der Waals surface area contributed by atoms with E-state index in [1.165, 1.54) is 9.75 Å². The molecule has 3 aliphatic rings. The van der Waals surface area contributed by atoms with Gasteiger partial charge in [0.25, 0.3) is 0 Å². The van der Waals surface area contributed by atoms with Gasteiger partial charge in [-0.05, 0) is 62.5 Å². The highest BCUT2D eigenvalue weighted by Crippen LogP contribution is 2.30. The predicted octanol–water partition coefficient (Wildman–Crippen LogP) is 4.29. The Bertz CT molecular complexity index is 750. The van der Waals surface area contributed by atoms with Gasteiger partial charge in [-0.1, -0.05) is 18.2 Å². The first kappa shape index (κ1) is 16.6. The number of ether oxygens (including phenoxy) is 1. The van der Waals surface area contributed by atoms with Crippen LogP contribution in [0.15, 0.2) is 36.4 Å². The molecule has 5 rings (SSSR count).